The summed E-state index contributed by atoms with van der Waals surface area (Å²) >= 11 is 2.93. The average molecular weight is 573 g/mol. The van der Waals surface area contributed by atoms with Gasteiger partial charge >= 0.3 is 6.18 Å². The minimum atomic E-state index is -4.89. The number of alkyl halides is 3. The summed E-state index contributed by atoms with van der Waals surface area (Å²) in [5, 5.41) is 15.1. The second-order valence-electron chi connectivity index (χ2n) is 8.55. The van der Waals surface area contributed by atoms with Crippen LogP contribution in [0.1, 0.15) is 35.2 Å². The number of hydrogen-bond acceptors (Lipinski definition) is 7. The number of rotatable bonds is 3. The van der Waals surface area contributed by atoms with E-state index in [0.29, 0.717) is 6.07 Å². The third kappa shape index (κ3) is 4.55. The first-order valence-electron chi connectivity index (χ1n) is 11.0. The Morgan fingerprint density at radius 3 is 2.58 bits per heavy atom. The van der Waals surface area contributed by atoms with Gasteiger partial charge in [0.05, 0.1) is 28.4 Å². The van der Waals surface area contributed by atoms with Gasteiger partial charge in [0.25, 0.3) is 0 Å². The normalized spacial score (nSPS) is 28.7. The summed E-state index contributed by atoms with van der Waals surface area (Å²) in [7, 11) is 0. The van der Waals surface area contributed by atoms with Crippen molar-refractivity contribution in [2.45, 2.75) is 49.8 Å². The number of fused-ring (bicyclic) bond motifs is 1. The van der Waals surface area contributed by atoms with Gasteiger partial charge in [0, 0.05) is 5.56 Å². The van der Waals surface area contributed by atoms with E-state index < -0.39 is 60.0 Å². The summed E-state index contributed by atoms with van der Waals surface area (Å²) in [6.07, 6.45) is -9.75. The van der Waals surface area contributed by atoms with Crippen LogP contribution in [-0.2, 0) is 20.4 Å². The number of hydrogen-bond donors (Lipinski definition) is 2. The van der Waals surface area contributed by atoms with Gasteiger partial charge in [-0.1, -0.05) is 30.3 Å². The molecule has 0 radical (unpaired) electrons. The predicted octanol–water partition coefficient (Wildman–Crippen LogP) is 3.74. The van der Waals surface area contributed by atoms with Crippen LogP contribution in [0.4, 0.5) is 17.6 Å². The molecule has 2 saturated heterocycles. The minimum Gasteiger partial charge on any atom is -0.388 e. The van der Waals surface area contributed by atoms with Crippen LogP contribution in [0.15, 0.2) is 46.9 Å². The van der Waals surface area contributed by atoms with E-state index in [9.17, 15) is 22.7 Å². The topological polar surface area (TPSA) is 105 Å². The van der Waals surface area contributed by atoms with Gasteiger partial charge in [-0.2, -0.15) is 18.3 Å². The SMILES string of the molecule is Cc1nc([C@@H]2OC3COC(c4ccccc4)O[C@@H]3C(N)C2O)n(-c2cc(Br)c(F)cc2C(F)(F)F)n1. The van der Waals surface area contributed by atoms with E-state index in [1.54, 1.807) is 0 Å². The standard InChI is InChI=1S/C23H21BrF4N4O4/c1-10-30-21(32(31-10)15-8-13(24)14(25)7-12(15)23(26,27)28)20-18(33)17(29)19-16(35-20)9-34-22(36-19)11-5-3-2-4-6-11/h2-8,16-20,22,33H,9,29H2,1H3/t16?,17?,18?,19-,20+,22?/m0/s1. The van der Waals surface area contributed by atoms with Crippen molar-refractivity contribution in [2.24, 2.45) is 5.73 Å². The Balaban J connectivity index is 1.49. The number of aryl methyl sites for hydroxylation is 1. The van der Waals surface area contributed by atoms with Crippen LogP contribution in [0.2, 0.25) is 0 Å². The second-order valence-corrected chi connectivity index (χ2v) is 9.40. The first-order valence-corrected chi connectivity index (χ1v) is 11.7. The van der Waals surface area contributed by atoms with Crippen molar-refractivity contribution >= 4 is 15.9 Å². The molecule has 2 aliphatic heterocycles. The zero-order valence-electron chi connectivity index (χ0n) is 18.7. The largest absolute Gasteiger partial charge is 0.418 e. The third-order valence-electron chi connectivity index (χ3n) is 6.10. The monoisotopic (exact) mass is 572 g/mol. The number of nitrogens with two attached hydrogens (primary N) is 1. The van der Waals surface area contributed by atoms with Crippen LogP contribution in [0, 0.1) is 12.7 Å². The molecule has 2 aromatic carbocycles. The molecule has 3 aromatic rings. The number of aliphatic hydroxyl groups excluding tert-OH is 1. The fourth-order valence-corrected chi connectivity index (χ4v) is 4.73. The number of aliphatic hydroxyl groups is 1. The van der Waals surface area contributed by atoms with Crippen LogP contribution < -0.4 is 5.73 Å². The quantitative estimate of drug-likeness (QED) is 0.461. The molecule has 0 amide bonds. The lowest BCUT2D eigenvalue weighted by Crippen LogP contribution is -2.62. The summed E-state index contributed by atoms with van der Waals surface area (Å²) in [6.45, 7) is 1.53. The van der Waals surface area contributed by atoms with Crippen molar-refractivity contribution in [2.75, 3.05) is 6.61 Å². The van der Waals surface area contributed by atoms with Crippen molar-refractivity contribution in [3.63, 3.8) is 0 Å². The number of ether oxygens (including phenoxy) is 3. The van der Waals surface area contributed by atoms with E-state index in [4.69, 9.17) is 19.9 Å². The van der Waals surface area contributed by atoms with E-state index >= 15 is 0 Å². The molecule has 0 aliphatic carbocycles. The van der Waals surface area contributed by atoms with Crippen molar-refractivity contribution in [3.05, 3.63) is 75.5 Å². The average Bonchev–Trinajstić information content (AvgIpc) is 3.23. The highest BCUT2D eigenvalue weighted by atomic mass is 79.9. The molecule has 0 saturated carbocycles. The summed E-state index contributed by atoms with van der Waals surface area (Å²) in [4.78, 5) is 4.22. The fraction of sp³-hybridized carbons (Fsp3) is 0.391. The zero-order chi connectivity index (χ0) is 25.8. The zero-order valence-corrected chi connectivity index (χ0v) is 20.3. The van der Waals surface area contributed by atoms with Gasteiger partial charge in [0.15, 0.2) is 12.1 Å². The van der Waals surface area contributed by atoms with Crippen molar-refractivity contribution in [1.82, 2.24) is 14.8 Å². The highest BCUT2D eigenvalue weighted by molar-refractivity contribution is 9.10. The smallest absolute Gasteiger partial charge is 0.388 e. The van der Waals surface area contributed by atoms with E-state index in [2.05, 4.69) is 26.0 Å². The van der Waals surface area contributed by atoms with Crippen LogP contribution in [-0.4, -0.2) is 50.8 Å². The Hall–Kier alpha value is -2.42. The van der Waals surface area contributed by atoms with Crippen LogP contribution in [0.3, 0.4) is 0 Å². The second kappa shape index (κ2) is 9.47. The Morgan fingerprint density at radius 1 is 1.17 bits per heavy atom. The van der Waals surface area contributed by atoms with Crippen molar-refractivity contribution in [1.29, 1.82) is 0 Å². The molecule has 2 aliphatic rings. The van der Waals surface area contributed by atoms with E-state index in [0.717, 1.165) is 16.3 Å². The lowest BCUT2D eigenvalue weighted by Gasteiger charge is -2.46. The van der Waals surface area contributed by atoms with Gasteiger partial charge in [0.1, 0.15) is 36.1 Å². The van der Waals surface area contributed by atoms with Gasteiger partial charge in [0.2, 0.25) is 0 Å². The van der Waals surface area contributed by atoms with Gasteiger partial charge < -0.3 is 25.1 Å². The first-order chi connectivity index (χ1) is 17.0. The Labute approximate surface area is 211 Å². The molecular formula is C23H21BrF4N4O4. The summed E-state index contributed by atoms with van der Waals surface area (Å²) in [6, 6.07) is 9.49. The predicted molar refractivity (Wildman–Crippen MR) is 120 cm³/mol. The fourth-order valence-electron chi connectivity index (χ4n) is 4.40. The molecule has 2 fully saturated rings. The lowest BCUT2D eigenvalue weighted by atomic mass is 9.92. The van der Waals surface area contributed by atoms with Gasteiger partial charge in [-0.05, 0) is 35.0 Å². The molecule has 3 heterocycles. The van der Waals surface area contributed by atoms with Crippen LogP contribution in [0.25, 0.3) is 5.69 Å². The van der Waals surface area contributed by atoms with Crippen LogP contribution in [0.5, 0.6) is 0 Å². The third-order valence-corrected chi connectivity index (χ3v) is 6.71. The number of aromatic nitrogens is 3. The Kier molecular flexibility index (Phi) is 6.64. The highest BCUT2D eigenvalue weighted by Gasteiger charge is 2.50. The molecule has 13 heteroatoms. The molecule has 4 unspecified atom stereocenters. The van der Waals surface area contributed by atoms with Crippen molar-refractivity contribution in [3.8, 4) is 5.69 Å². The maximum absolute atomic E-state index is 14.0. The summed E-state index contributed by atoms with van der Waals surface area (Å²) in [5.74, 6) is -1.10. The number of benzene rings is 2. The molecular weight excluding hydrogens is 552 g/mol. The number of halogens is 5. The minimum absolute atomic E-state index is 0.0597. The molecule has 0 bridgehead atoms. The van der Waals surface area contributed by atoms with E-state index in [1.165, 1.54) is 6.92 Å². The Morgan fingerprint density at radius 2 is 1.89 bits per heavy atom. The van der Waals surface area contributed by atoms with Gasteiger partial charge in [-0.3, -0.25) is 0 Å². The van der Waals surface area contributed by atoms with E-state index in [-0.39, 0.29) is 22.7 Å². The molecule has 8 nitrogen and oxygen atoms in total. The number of nitrogens with zero attached hydrogens (tertiary/aromatic N) is 3. The maximum atomic E-state index is 14.0. The molecule has 36 heavy (non-hydrogen) atoms. The van der Waals surface area contributed by atoms with Crippen molar-refractivity contribution < 1.29 is 36.9 Å². The Bertz CT molecular complexity index is 1260. The molecule has 192 valence electrons. The molecule has 5 rings (SSSR count). The summed E-state index contributed by atoms with van der Waals surface area (Å²) < 4.78 is 73.9. The van der Waals surface area contributed by atoms with Gasteiger partial charge in [-0.25, -0.2) is 14.1 Å². The molecule has 3 N–H and O–H groups in total. The summed E-state index contributed by atoms with van der Waals surface area (Å²) in [5.41, 5.74) is 5.34. The lowest BCUT2D eigenvalue weighted by molar-refractivity contribution is -0.309. The molecule has 0 spiro atoms. The van der Waals surface area contributed by atoms with Crippen LogP contribution >= 0.6 is 15.9 Å². The highest BCUT2D eigenvalue weighted by Crippen LogP contribution is 2.41. The maximum Gasteiger partial charge on any atom is 0.418 e. The first kappa shape index (κ1) is 25.2. The molecule has 6 atom stereocenters. The molecule has 1 aromatic heterocycles. The van der Waals surface area contributed by atoms with Gasteiger partial charge in [-0.15, -0.1) is 0 Å². The van der Waals surface area contributed by atoms with E-state index in [1.807, 2.05) is 30.3 Å².